The lowest BCUT2D eigenvalue weighted by molar-refractivity contribution is 0.322. The second kappa shape index (κ2) is 5.58. The summed E-state index contributed by atoms with van der Waals surface area (Å²) in [5, 5.41) is 16.3. The fraction of sp³-hybridized carbons (Fsp3) is 0. The zero-order valence-corrected chi connectivity index (χ0v) is 11.0. The van der Waals surface area contributed by atoms with Crippen LogP contribution in [-0.2, 0) is 0 Å². The van der Waals surface area contributed by atoms with E-state index >= 15 is 0 Å². The molecule has 5 heteroatoms. The molecule has 0 saturated heterocycles. The Morgan fingerprint density at radius 1 is 1.05 bits per heavy atom. The maximum absolute atomic E-state index is 13.0. The van der Waals surface area contributed by atoms with Crippen molar-refractivity contribution in [3.05, 3.63) is 72.2 Å². The highest BCUT2D eigenvalue weighted by Gasteiger charge is 2.11. The highest BCUT2D eigenvalue weighted by atomic mass is 19.1. The van der Waals surface area contributed by atoms with E-state index in [0.29, 0.717) is 11.3 Å². The summed E-state index contributed by atoms with van der Waals surface area (Å²) in [7, 11) is 0. The van der Waals surface area contributed by atoms with E-state index in [1.807, 2.05) is 30.3 Å². The summed E-state index contributed by atoms with van der Waals surface area (Å²) < 4.78 is 14.7. The molecule has 1 N–H and O–H groups in total. The molecule has 104 valence electrons. The summed E-state index contributed by atoms with van der Waals surface area (Å²) in [4.78, 5) is 0. The summed E-state index contributed by atoms with van der Waals surface area (Å²) in [6.45, 7) is 0. The van der Waals surface area contributed by atoms with Crippen LogP contribution in [0.4, 0.5) is 4.39 Å². The molecule has 4 nitrogen and oxygen atoms in total. The predicted molar refractivity (Wildman–Crippen MR) is 78.3 cm³/mol. The molecule has 0 amide bonds. The fourth-order valence-corrected chi connectivity index (χ4v) is 2.09. The Hall–Kier alpha value is -2.95. The Kier molecular flexibility index (Phi) is 3.47. The van der Waals surface area contributed by atoms with Crippen LogP contribution >= 0.6 is 0 Å². The first-order valence-corrected chi connectivity index (χ1v) is 6.36. The Morgan fingerprint density at radius 2 is 1.76 bits per heavy atom. The van der Waals surface area contributed by atoms with Gasteiger partial charge in [-0.2, -0.15) is 5.10 Å². The lowest BCUT2D eigenvalue weighted by Crippen LogP contribution is -1.94. The average molecular weight is 281 g/mol. The number of para-hydroxylation sites is 1. The van der Waals surface area contributed by atoms with E-state index in [0.717, 1.165) is 11.3 Å². The van der Waals surface area contributed by atoms with Crippen LogP contribution in [0.15, 0.2) is 65.9 Å². The first kappa shape index (κ1) is 13.1. The van der Waals surface area contributed by atoms with Crippen LogP contribution in [0, 0.1) is 5.82 Å². The molecule has 0 bridgehead atoms. The average Bonchev–Trinajstić information content (AvgIpc) is 2.93. The third-order valence-corrected chi connectivity index (χ3v) is 3.08. The standard InChI is InChI=1S/C16H12FN3O/c17-14-8-6-12(7-9-14)16-13(10-18-21)11-20(19-16)15-4-2-1-3-5-15/h1-11,21H. The van der Waals surface area contributed by atoms with E-state index in [1.54, 1.807) is 23.0 Å². The van der Waals surface area contributed by atoms with Gasteiger partial charge < -0.3 is 5.21 Å². The number of oxime groups is 1. The van der Waals surface area contributed by atoms with Gasteiger partial charge in [-0.05, 0) is 36.4 Å². The van der Waals surface area contributed by atoms with Crippen LogP contribution in [-0.4, -0.2) is 21.2 Å². The van der Waals surface area contributed by atoms with Gasteiger partial charge in [-0.1, -0.05) is 23.4 Å². The van der Waals surface area contributed by atoms with Crippen molar-refractivity contribution in [3.8, 4) is 16.9 Å². The van der Waals surface area contributed by atoms with Crippen LogP contribution in [0.25, 0.3) is 16.9 Å². The largest absolute Gasteiger partial charge is 0.411 e. The summed E-state index contributed by atoms with van der Waals surface area (Å²) in [6.07, 6.45) is 3.07. The Morgan fingerprint density at radius 3 is 2.43 bits per heavy atom. The number of hydrogen-bond donors (Lipinski definition) is 1. The van der Waals surface area contributed by atoms with Crippen molar-refractivity contribution in [2.75, 3.05) is 0 Å². The van der Waals surface area contributed by atoms with Gasteiger partial charge in [0.25, 0.3) is 0 Å². The highest BCUT2D eigenvalue weighted by Crippen LogP contribution is 2.23. The zero-order valence-electron chi connectivity index (χ0n) is 11.0. The van der Waals surface area contributed by atoms with Crippen LogP contribution < -0.4 is 0 Å². The SMILES string of the molecule is ON=Cc1cn(-c2ccccc2)nc1-c1ccc(F)cc1. The summed E-state index contributed by atoms with van der Waals surface area (Å²) in [6, 6.07) is 15.6. The molecule has 0 aliphatic rings. The summed E-state index contributed by atoms with van der Waals surface area (Å²) in [5.74, 6) is -0.307. The molecule has 0 unspecified atom stereocenters. The molecule has 0 atom stereocenters. The minimum absolute atomic E-state index is 0.307. The normalized spacial score (nSPS) is 11.1. The molecular weight excluding hydrogens is 269 g/mol. The maximum atomic E-state index is 13.0. The zero-order chi connectivity index (χ0) is 14.7. The van der Waals surface area contributed by atoms with Gasteiger partial charge in [0, 0.05) is 17.3 Å². The molecule has 0 saturated carbocycles. The maximum Gasteiger partial charge on any atom is 0.123 e. The van der Waals surface area contributed by atoms with Gasteiger partial charge in [-0.3, -0.25) is 0 Å². The predicted octanol–water partition coefficient (Wildman–Crippen LogP) is 3.49. The van der Waals surface area contributed by atoms with Crippen molar-refractivity contribution in [3.63, 3.8) is 0 Å². The van der Waals surface area contributed by atoms with Crippen LogP contribution in [0.3, 0.4) is 0 Å². The van der Waals surface area contributed by atoms with E-state index in [2.05, 4.69) is 10.3 Å². The van der Waals surface area contributed by atoms with Crippen molar-refractivity contribution in [1.82, 2.24) is 9.78 Å². The van der Waals surface area contributed by atoms with Gasteiger partial charge in [-0.25, -0.2) is 9.07 Å². The Bertz CT molecular complexity index is 764. The lowest BCUT2D eigenvalue weighted by Gasteiger charge is -2.00. The Labute approximate surface area is 120 Å². The summed E-state index contributed by atoms with van der Waals surface area (Å²) in [5.41, 5.74) is 2.91. The number of aromatic nitrogens is 2. The van der Waals surface area contributed by atoms with E-state index in [9.17, 15) is 4.39 Å². The molecule has 2 aromatic carbocycles. The van der Waals surface area contributed by atoms with E-state index in [4.69, 9.17) is 5.21 Å². The molecule has 3 aromatic rings. The van der Waals surface area contributed by atoms with E-state index in [-0.39, 0.29) is 5.82 Å². The number of rotatable bonds is 3. The number of halogens is 1. The molecule has 0 aliphatic heterocycles. The van der Waals surface area contributed by atoms with Crippen LogP contribution in [0.5, 0.6) is 0 Å². The minimum atomic E-state index is -0.307. The van der Waals surface area contributed by atoms with Gasteiger partial charge in [-0.15, -0.1) is 0 Å². The van der Waals surface area contributed by atoms with E-state index in [1.165, 1.54) is 18.3 Å². The quantitative estimate of drug-likeness (QED) is 0.454. The number of benzene rings is 2. The molecule has 0 fully saturated rings. The van der Waals surface area contributed by atoms with E-state index < -0.39 is 0 Å². The van der Waals surface area contributed by atoms with Gasteiger partial charge in [0.15, 0.2) is 0 Å². The number of hydrogen-bond acceptors (Lipinski definition) is 3. The first-order chi connectivity index (χ1) is 10.3. The molecule has 0 radical (unpaired) electrons. The van der Waals surface area contributed by atoms with Gasteiger partial charge >= 0.3 is 0 Å². The molecule has 1 aromatic heterocycles. The van der Waals surface area contributed by atoms with Crippen molar-refractivity contribution < 1.29 is 9.60 Å². The topological polar surface area (TPSA) is 50.4 Å². The third kappa shape index (κ3) is 2.67. The molecule has 3 rings (SSSR count). The fourth-order valence-electron chi connectivity index (χ4n) is 2.09. The first-order valence-electron chi connectivity index (χ1n) is 6.36. The second-order valence-corrected chi connectivity index (χ2v) is 4.46. The van der Waals surface area contributed by atoms with Gasteiger partial charge in [0.1, 0.15) is 11.5 Å². The van der Waals surface area contributed by atoms with Crippen molar-refractivity contribution in [2.45, 2.75) is 0 Å². The smallest absolute Gasteiger partial charge is 0.123 e. The molecule has 21 heavy (non-hydrogen) atoms. The van der Waals surface area contributed by atoms with Crippen molar-refractivity contribution in [2.24, 2.45) is 5.16 Å². The Balaban J connectivity index is 2.11. The number of nitrogens with zero attached hydrogens (tertiary/aromatic N) is 3. The van der Waals surface area contributed by atoms with Crippen LogP contribution in [0.2, 0.25) is 0 Å². The van der Waals surface area contributed by atoms with Gasteiger partial charge in [0.2, 0.25) is 0 Å². The molecule has 0 aliphatic carbocycles. The van der Waals surface area contributed by atoms with Crippen LogP contribution in [0.1, 0.15) is 5.56 Å². The molecule has 1 heterocycles. The van der Waals surface area contributed by atoms with Crippen molar-refractivity contribution >= 4 is 6.21 Å². The monoisotopic (exact) mass is 281 g/mol. The van der Waals surface area contributed by atoms with Crippen molar-refractivity contribution in [1.29, 1.82) is 0 Å². The summed E-state index contributed by atoms with van der Waals surface area (Å²) >= 11 is 0. The second-order valence-electron chi connectivity index (χ2n) is 4.46. The minimum Gasteiger partial charge on any atom is -0.411 e. The third-order valence-electron chi connectivity index (χ3n) is 3.08. The molecular formula is C16H12FN3O. The highest BCUT2D eigenvalue weighted by molar-refractivity contribution is 5.88. The molecule has 0 spiro atoms. The lowest BCUT2D eigenvalue weighted by atomic mass is 10.1. The van der Waals surface area contributed by atoms with Gasteiger partial charge in [0.05, 0.1) is 11.9 Å².